The molecule has 1 heterocycles. The minimum absolute atomic E-state index is 0.0954. The van der Waals surface area contributed by atoms with E-state index < -0.39 is 17.6 Å². The predicted molar refractivity (Wildman–Crippen MR) is 110 cm³/mol. The Morgan fingerprint density at radius 1 is 1.10 bits per heavy atom. The standard InChI is InChI=1S/C22H28F3N3O3/c1-4-10-28(21(30)17-7-5-8-18(14-17)22(23,24)25)16-20(29)27(12-13-31-3)15-19-9-6-11-26(19)2/h5-9,11,14H,4,10,12-13,15-16H2,1-3H3. The van der Waals surface area contributed by atoms with Crippen molar-refractivity contribution in [2.45, 2.75) is 26.1 Å². The average molecular weight is 439 g/mol. The van der Waals surface area contributed by atoms with Crippen molar-refractivity contribution < 1.29 is 27.5 Å². The fourth-order valence-corrected chi connectivity index (χ4v) is 3.15. The number of hydrogen-bond donors (Lipinski definition) is 0. The second-order valence-electron chi connectivity index (χ2n) is 7.22. The number of methoxy groups -OCH3 is 1. The number of ether oxygens (including phenoxy) is 1. The molecule has 0 radical (unpaired) electrons. The van der Waals surface area contributed by atoms with Crippen LogP contribution in [0.15, 0.2) is 42.6 Å². The summed E-state index contributed by atoms with van der Waals surface area (Å²) in [5.41, 5.74) is -0.0794. The highest BCUT2D eigenvalue weighted by molar-refractivity contribution is 5.96. The van der Waals surface area contributed by atoms with Crippen LogP contribution >= 0.6 is 0 Å². The van der Waals surface area contributed by atoms with Gasteiger partial charge in [-0.25, -0.2) is 0 Å². The molecule has 0 aliphatic rings. The van der Waals surface area contributed by atoms with E-state index in [1.807, 2.05) is 36.9 Å². The summed E-state index contributed by atoms with van der Waals surface area (Å²) in [7, 11) is 3.40. The Labute approximate surface area is 180 Å². The van der Waals surface area contributed by atoms with Gasteiger partial charge in [-0.2, -0.15) is 13.2 Å². The highest BCUT2D eigenvalue weighted by Crippen LogP contribution is 2.29. The van der Waals surface area contributed by atoms with Gasteiger partial charge in [-0.05, 0) is 36.8 Å². The molecule has 0 aliphatic carbocycles. The fourth-order valence-electron chi connectivity index (χ4n) is 3.15. The molecule has 0 N–H and O–H groups in total. The van der Waals surface area contributed by atoms with E-state index >= 15 is 0 Å². The molecule has 2 amide bonds. The van der Waals surface area contributed by atoms with Crippen LogP contribution in [0.25, 0.3) is 0 Å². The van der Waals surface area contributed by atoms with Crippen LogP contribution in [0, 0.1) is 0 Å². The normalized spacial score (nSPS) is 11.4. The molecule has 0 fully saturated rings. The van der Waals surface area contributed by atoms with Crippen LogP contribution in [0.4, 0.5) is 13.2 Å². The third-order valence-electron chi connectivity index (χ3n) is 4.87. The second kappa shape index (κ2) is 11.0. The molecular formula is C22H28F3N3O3. The fraction of sp³-hybridized carbons (Fsp3) is 0.455. The number of hydrogen-bond acceptors (Lipinski definition) is 3. The van der Waals surface area contributed by atoms with E-state index in [0.717, 1.165) is 17.8 Å². The van der Waals surface area contributed by atoms with Crippen LogP contribution in [0.2, 0.25) is 0 Å². The first-order valence-electron chi connectivity index (χ1n) is 10.0. The zero-order valence-corrected chi connectivity index (χ0v) is 18.0. The first-order valence-corrected chi connectivity index (χ1v) is 10.0. The molecule has 2 rings (SSSR count). The summed E-state index contributed by atoms with van der Waals surface area (Å²) in [6.45, 7) is 2.86. The molecule has 0 spiro atoms. The van der Waals surface area contributed by atoms with Crippen molar-refractivity contribution in [1.29, 1.82) is 0 Å². The van der Waals surface area contributed by atoms with Gasteiger partial charge >= 0.3 is 6.18 Å². The number of rotatable bonds is 10. The summed E-state index contributed by atoms with van der Waals surface area (Å²) in [6.07, 6.45) is -2.11. The number of aryl methyl sites for hydroxylation is 1. The van der Waals surface area contributed by atoms with Gasteiger partial charge in [-0.3, -0.25) is 9.59 Å². The SMILES string of the molecule is CCCN(CC(=O)N(CCOC)Cc1cccn1C)C(=O)c1cccc(C(F)(F)F)c1. The lowest BCUT2D eigenvalue weighted by Gasteiger charge is -2.28. The highest BCUT2D eigenvalue weighted by atomic mass is 19.4. The van der Waals surface area contributed by atoms with Crippen LogP contribution < -0.4 is 0 Å². The van der Waals surface area contributed by atoms with Crippen molar-refractivity contribution in [2.24, 2.45) is 7.05 Å². The van der Waals surface area contributed by atoms with Crippen LogP contribution in [-0.2, 0) is 29.3 Å². The van der Waals surface area contributed by atoms with Crippen molar-refractivity contribution in [1.82, 2.24) is 14.4 Å². The van der Waals surface area contributed by atoms with Gasteiger partial charge in [0.15, 0.2) is 0 Å². The summed E-state index contributed by atoms with van der Waals surface area (Å²) >= 11 is 0. The second-order valence-corrected chi connectivity index (χ2v) is 7.22. The van der Waals surface area contributed by atoms with Crippen LogP contribution in [-0.4, -0.2) is 59.5 Å². The van der Waals surface area contributed by atoms with Crippen molar-refractivity contribution in [2.75, 3.05) is 33.4 Å². The first-order chi connectivity index (χ1) is 14.7. The smallest absolute Gasteiger partial charge is 0.383 e. The summed E-state index contributed by atoms with van der Waals surface area (Å²) in [6, 6.07) is 8.03. The van der Waals surface area contributed by atoms with Gasteiger partial charge in [0.25, 0.3) is 5.91 Å². The molecule has 31 heavy (non-hydrogen) atoms. The van der Waals surface area contributed by atoms with E-state index in [2.05, 4.69) is 0 Å². The molecule has 0 saturated carbocycles. The number of nitrogens with zero attached hydrogens (tertiary/aromatic N) is 3. The van der Waals surface area contributed by atoms with Crippen LogP contribution in [0.3, 0.4) is 0 Å². The van der Waals surface area contributed by atoms with E-state index in [9.17, 15) is 22.8 Å². The Morgan fingerprint density at radius 2 is 1.84 bits per heavy atom. The lowest BCUT2D eigenvalue weighted by molar-refractivity contribution is -0.137. The maximum absolute atomic E-state index is 13.0. The molecule has 1 aromatic heterocycles. The summed E-state index contributed by atoms with van der Waals surface area (Å²) in [5, 5.41) is 0. The number of carbonyl (C=O) groups excluding carboxylic acids is 2. The zero-order valence-electron chi connectivity index (χ0n) is 18.0. The Bertz CT molecular complexity index is 880. The predicted octanol–water partition coefficient (Wildman–Crippen LogP) is 3.57. The van der Waals surface area contributed by atoms with Gasteiger partial charge in [-0.15, -0.1) is 0 Å². The minimum atomic E-state index is -4.55. The maximum Gasteiger partial charge on any atom is 0.416 e. The minimum Gasteiger partial charge on any atom is -0.383 e. The summed E-state index contributed by atoms with van der Waals surface area (Å²) in [5.74, 6) is -0.904. The molecular weight excluding hydrogens is 411 g/mol. The number of benzene rings is 1. The molecule has 1 aromatic carbocycles. The molecule has 0 bridgehead atoms. The Kier molecular flexibility index (Phi) is 8.67. The molecule has 9 heteroatoms. The van der Waals surface area contributed by atoms with Gasteiger partial charge in [-0.1, -0.05) is 13.0 Å². The topological polar surface area (TPSA) is 54.8 Å². The Morgan fingerprint density at radius 3 is 2.42 bits per heavy atom. The molecule has 0 atom stereocenters. The largest absolute Gasteiger partial charge is 0.416 e. The Hall–Kier alpha value is -2.81. The molecule has 2 aromatic rings. The quantitative estimate of drug-likeness (QED) is 0.569. The van der Waals surface area contributed by atoms with Gasteiger partial charge in [0.1, 0.15) is 6.54 Å². The maximum atomic E-state index is 13.0. The van der Waals surface area contributed by atoms with Crippen molar-refractivity contribution in [3.05, 3.63) is 59.4 Å². The van der Waals surface area contributed by atoms with E-state index in [-0.39, 0.29) is 24.6 Å². The third kappa shape index (κ3) is 6.85. The van der Waals surface area contributed by atoms with Gasteiger partial charge in [0.2, 0.25) is 5.91 Å². The third-order valence-corrected chi connectivity index (χ3v) is 4.87. The molecule has 6 nitrogen and oxygen atoms in total. The lowest BCUT2D eigenvalue weighted by Crippen LogP contribution is -2.44. The van der Waals surface area contributed by atoms with Crippen molar-refractivity contribution in [3.8, 4) is 0 Å². The number of alkyl halides is 3. The van der Waals surface area contributed by atoms with E-state index in [0.29, 0.717) is 26.1 Å². The molecule has 0 unspecified atom stereocenters. The van der Waals surface area contributed by atoms with Crippen LogP contribution in [0.1, 0.15) is 35.0 Å². The zero-order chi connectivity index (χ0) is 23.0. The summed E-state index contributed by atoms with van der Waals surface area (Å²) in [4.78, 5) is 28.8. The lowest BCUT2D eigenvalue weighted by atomic mass is 10.1. The van der Waals surface area contributed by atoms with Gasteiger partial charge in [0, 0.05) is 44.7 Å². The van der Waals surface area contributed by atoms with Crippen molar-refractivity contribution in [3.63, 3.8) is 0 Å². The average Bonchev–Trinajstić information content (AvgIpc) is 3.14. The number of carbonyl (C=O) groups is 2. The van der Waals surface area contributed by atoms with E-state index in [1.165, 1.54) is 24.1 Å². The number of halogens is 3. The number of amides is 2. The monoisotopic (exact) mass is 439 g/mol. The van der Waals surface area contributed by atoms with E-state index in [4.69, 9.17) is 4.74 Å². The molecule has 0 saturated heterocycles. The van der Waals surface area contributed by atoms with Gasteiger partial charge < -0.3 is 19.1 Å². The highest BCUT2D eigenvalue weighted by Gasteiger charge is 2.31. The van der Waals surface area contributed by atoms with E-state index in [1.54, 1.807) is 4.90 Å². The molecule has 0 aliphatic heterocycles. The molecule has 170 valence electrons. The van der Waals surface area contributed by atoms with Gasteiger partial charge in [0.05, 0.1) is 18.7 Å². The Balaban J connectivity index is 2.20. The number of aromatic nitrogens is 1. The van der Waals surface area contributed by atoms with Crippen LogP contribution in [0.5, 0.6) is 0 Å². The van der Waals surface area contributed by atoms with Crippen molar-refractivity contribution >= 4 is 11.8 Å². The summed E-state index contributed by atoms with van der Waals surface area (Å²) < 4.78 is 46.1. The first kappa shape index (κ1) is 24.5.